The van der Waals surface area contributed by atoms with Crippen molar-refractivity contribution in [1.29, 1.82) is 0 Å². The van der Waals surface area contributed by atoms with Gasteiger partial charge in [-0.2, -0.15) is 0 Å². The van der Waals surface area contributed by atoms with Crippen LogP contribution in [0.1, 0.15) is 19.4 Å². The average molecular weight is 394 g/mol. The van der Waals surface area contributed by atoms with Crippen LogP contribution in [0.15, 0.2) is 66.1 Å². The van der Waals surface area contributed by atoms with Gasteiger partial charge in [-0.3, -0.25) is 9.59 Å². The maximum absolute atomic E-state index is 12.5. The summed E-state index contributed by atoms with van der Waals surface area (Å²) in [5.41, 5.74) is 2.17. The summed E-state index contributed by atoms with van der Waals surface area (Å²) in [6.07, 6.45) is -0.195. The largest absolute Gasteiger partial charge is 0.470 e. The van der Waals surface area contributed by atoms with Crippen molar-refractivity contribution < 1.29 is 23.9 Å². The van der Waals surface area contributed by atoms with Crippen molar-refractivity contribution in [2.45, 2.75) is 26.4 Å². The molecular weight excluding hydrogens is 372 g/mol. The van der Waals surface area contributed by atoms with E-state index < -0.39 is 23.8 Å². The van der Waals surface area contributed by atoms with E-state index in [1.807, 2.05) is 25.1 Å². The predicted molar refractivity (Wildman–Crippen MR) is 108 cm³/mol. The van der Waals surface area contributed by atoms with Crippen LogP contribution in [-0.2, 0) is 30.3 Å². The van der Waals surface area contributed by atoms with Crippen LogP contribution in [0, 0.1) is 0 Å². The Morgan fingerprint density at radius 1 is 1.07 bits per heavy atom. The molecule has 2 aromatic carbocycles. The second-order valence-corrected chi connectivity index (χ2v) is 6.49. The van der Waals surface area contributed by atoms with E-state index in [4.69, 9.17) is 9.47 Å². The van der Waals surface area contributed by atoms with Crippen molar-refractivity contribution in [2.24, 2.45) is 0 Å². The fourth-order valence-electron chi connectivity index (χ4n) is 2.71. The molecule has 2 N–H and O–H groups in total. The van der Waals surface area contributed by atoms with Gasteiger partial charge in [-0.1, -0.05) is 37.3 Å². The quantitative estimate of drug-likeness (QED) is 0.554. The number of nitrogens with one attached hydrogen (secondary N) is 2. The molecule has 3 rings (SSSR count). The molecule has 2 aromatic rings. The lowest BCUT2D eigenvalue weighted by molar-refractivity contribution is -0.150. The van der Waals surface area contributed by atoms with Gasteiger partial charge in [0.15, 0.2) is 18.3 Å². The number of para-hydroxylation sites is 1. The van der Waals surface area contributed by atoms with Crippen LogP contribution in [0.25, 0.3) is 0 Å². The Balaban J connectivity index is 1.65. The average Bonchev–Trinajstić information content (AvgIpc) is 3.09. The molecule has 0 saturated heterocycles. The Morgan fingerprint density at radius 3 is 2.41 bits per heavy atom. The molecule has 0 bridgehead atoms. The lowest BCUT2D eigenvalue weighted by Gasteiger charge is -2.14. The Labute approximate surface area is 168 Å². The summed E-state index contributed by atoms with van der Waals surface area (Å²) < 4.78 is 10.5. The first-order chi connectivity index (χ1) is 14.0. The van der Waals surface area contributed by atoms with E-state index >= 15 is 0 Å². The lowest BCUT2D eigenvalue weighted by atomic mass is 10.1. The third kappa shape index (κ3) is 5.01. The van der Waals surface area contributed by atoms with Crippen LogP contribution in [-0.4, -0.2) is 30.4 Å². The molecule has 7 nitrogen and oxygen atoms in total. The number of esters is 1. The Hall–Kier alpha value is -3.61. The summed E-state index contributed by atoms with van der Waals surface area (Å²) in [4.78, 5) is 36.9. The molecule has 0 aromatic heterocycles. The molecule has 1 atom stereocenters. The van der Waals surface area contributed by atoms with E-state index in [9.17, 15) is 14.4 Å². The summed E-state index contributed by atoms with van der Waals surface area (Å²) in [7, 11) is 0. The highest BCUT2D eigenvalue weighted by molar-refractivity contribution is 6.20. The van der Waals surface area contributed by atoms with Gasteiger partial charge in [-0.25, -0.2) is 4.79 Å². The number of ketones is 1. The molecule has 0 fully saturated rings. The molecule has 0 saturated carbocycles. The third-order valence-corrected chi connectivity index (χ3v) is 4.37. The van der Waals surface area contributed by atoms with Gasteiger partial charge in [0, 0.05) is 11.4 Å². The molecule has 1 aliphatic rings. The molecule has 0 aliphatic carbocycles. The maximum Gasteiger partial charge on any atom is 0.348 e. The zero-order valence-corrected chi connectivity index (χ0v) is 16.2. The number of amides is 1. The number of carbonyl (C=O) groups excluding carboxylic acids is 3. The van der Waals surface area contributed by atoms with Crippen LogP contribution < -0.4 is 10.6 Å². The molecule has 29 heavy (non-hydrogen) atoms. The van der Waals surface area contributed by atoms with Crippen molar-refractivity contribution in [3.63, 3.8) is 0 Å². The third-order valence-electron chi connectivity index (χ3n) is 4.37. The van der Waals surface area contributed by atoms with Crippen LogP contribution in [0.2, 0.25) is 0 Å². The van der Waals surface area contributed by atoms with Gasteiger partial charge in [0.05, 0.1) is 0 Å². The smallest absolute Gasteiger partial charge is 0.348 e. The fourth-order valence-corrected chi connectivity index (χ4v) is 2.71. The number of rotatable bonds is 7. The molecule has 0 unspecified atom stereocenters. The predicted octanol–water partition coefficient (Wildman–Crippen LogP) is 3.04. The summed E-state index contributed by atoms with van der Waals surface area (Å²) in [5.74, 6) is -1.88. The van der Waals surface area contributed by atoms with E-state index in [0.717, 1.165) is 12.0 Å². The van der Waals surface area contributed by atoms with Gasteiger partial charge < -0.3 is 20.1 Å². The van der Waals surface area contributed by atoms with Crippen molar-refractivity contribution in [1.82, 2.24) is 0 Å². The van der Waals surface area contributed by atoms with Gasteiger partial charge in [0.1, 0.15) is 0 Å². The summed E-state index contributed by atoms with van der Waals surface area (Å²) >= 11 is 0. The Bertz CT molecular complexity index is 935. The van der Waals surface area contributed by atoms with Gasteiger partial charge >= 0.3 is 5.97 Å². The van der Waals surface area contributed by atoms with E-state index in [-0.39, 0.29) is 18.1 Å². The van der Waals surface area contributed by atoms with Crippen molar-refractivity contribution in [3.8, 4) is 0 Å². The SMILES string of the molecule is CCc1ccc(NC(=O)[C@@H](C)OC(=O)C2=C(Nc3ccccc3)OCC2=O)cc1. The number of benzene rings is 2. The monoisotopic (exact) mass is 394 g/mol. The van der Waals surface area contributed by atoms with Crippen LogP contribution in [0.4, 0.5) is 11.4 Å². The molecular formula is C22H22N2O5. The highest BCUT2D eigenvalue weighted by Gasteiger charge is 2.34. The zero-order chi connectivity index (χ0) is 20.8. The second kappa shape index (κ2) is 9.05. The fraction of sp³-hybridized carbons (Fsp3) is 0.227. The number of ether oxygens (including phenoxy) is 2. The first-order valence-corrected chi connectivity index (χ1v) is 9.31. The standard InChI is InChI=1S/C22H22N2O5/c1-3-15-9-11-17(12-10-15)23-20(26)14(2)29-22(27)19-18(25)13-28-21(19)24-16-7-5-4-6-8-16/h4-12,14,24H,3,13H2,1-2H3,(H,23,26)/t14-/m1/s1. The topological polar surface area (TPSA) is 93.7 Å². The van der Waals surface area contributed by atoms with Gasteiger partial charge in [-0.05, 0) is 43.2 Å². The summed E-state index contributed by atoms with van der Waals surface area (Å²) in [6, 6.07) is 16.4. The zero-order valence-electron chi connectivity index (χ0n) is 16.2. The normalized spacial score (nSPS) is 14.2. The highest BCUT2D eigenvalue weighted by atomic mass is 16.6. The number of anilines is 2. The highest BCUT2D eigenvalue weighted by Crippen LogP contribution is 2.21. The van der Waals surface area contributed by atoms with Crippen molar-refractivity contribution in [3.05, 3.63) is 71.6 Å². The summed E-state index contributed by atoms with van der Waals surface area (Å²) in [5, 5.41) is 5.58. The molecule has 0 radical (unpaired) electrons. The minimum Gasteiger partial charge on any atom is -0.470 e. The number of hydrogen-bond acceptors (Lipinski definition) is 6. The van der Waals surface area contributed by atoms with E-state index in [0.29, 0.717) is 11.4 Å². The first-order valence-electron chi connectivity index (χ1n) is 9.31. The van der Waals surface area contributed by atoms with E-state index in [1.54, 1.807) is 36.4 Å². The van der Waals surface area contributed by atoms with Gasteiger partial charge in [0.2, 0.25) is 11.7 Å². The lowest BCUT2D eigenvalue weighted by Crippen LogP contribution is -2.31. The minimum atomic E-state index is -1.09. The summed E-state index contributed by atoms with van der Waals surface area (Å²) in [6.45, 7) is 3.22. The molecule has 150 valence electrons. The van der Waals surface area contributed by atoms with Crippen LogP contribution in [0.5, 0.6) is 0 Å². The molecule has 1 aliphatic heterocycles. The Morgan fingerprint density at radius 2 is 1.76 bits per heavy atom. The molecule has 7 heteroatoms. The number of hydrogen-bond donors (Lipinski definition) is 2. The van der Waals surface area contributed by atoms with E-state index in [1.165, 1.54) is 6.92 Å². The van der Waals surface area contributed by atoms with Gasteiger partial charge in [-0.15, -0.1) is 0 Å². The first kappa shape index (κ1) is 20.1. The molecule has 1 heterocycles. The van der Waals surface area contributed by atoms with Crippen LogP contribution in [0.3, 0.4) is 0 Å². The minimum absolute atomic E-state index is 0.0222. The van der Waals surface area contributed by atoms with Crippen molar-refractivity contribution >= 4 is 29.0 Å². The van der Waals surface area contributed by atoms with Crippen molar-refractivity contribution in [2.75, 3.05) is 17.2 Å². The maximum atomic E-state index is 12.5. The molecule has 1 amide bonds. The number of Topliss-reactive ketones (excluding diaryl/α,β-unsaturated/α-hetero) is 1. The molecule has 0 spiro atoms. The number of aryl methyl sites for hydroxylation is 1. The van der Waals surface area contributed by atoms with Crippen LogP contribution >= 0.6 is 0 Å². The van der Waals surface area contributed by atoms with E-state index in [2.05, 4.69) is 10.6 Å². The second-order valence-electron chi connectivity index (χ2n) is 6.49. The number of carbonyl (C=O) groups is 3. The van der Waals surface area contributed by atoms with Gasteiger partial charge in [0.25, 0.3) is 5.91 Å². The Kier molecular flexibility index (Phi) is 6.29.